The van der Waals surface area contributed by atoms with E-state index >= 15 is 0 Å². The molecule has 1 fully saturated rings. The van der Waals surface area contributed by atoms with E-state index in [1.54, 1.807) is 0 Å². The summed E-state index contributed by atoms with van der Waals surface area (Å²) in [7, 11) is 0. The fourth-order valence-corrected chi connectivity index (χ4v) is 3.35. The van der Waals surface area contributed by atoms with Crippen LogP contribution >= 0.6 is 0 Å². The molecule has 17 heavy (non-hydrogen) atoms. The first-order valence-electron chi connectivity index (χ1n) is 8.22. The minimum Gasteiger partial charge on any atom is -0.0654 e. The molecule has 0 heteroatoms. The van der Waals surface area contributed by atoms with Gasteiger partial charge in [0.25, 0.3) is 0 Å². The Labute approximate surface area is 110 Å². The second kappa shape index (κ2) is 9.00. The third-order valence-corrected chi connectivity index (χ3v) is 4.67. The second-order valence-electron chi connectivity index (χ2n) is 6.67. The van der Waals surface area contributed by atoms with Gasteiger partial charge >= 0.3 is 0 Å². The molecule has 0 heterocycles. The Morgan fingerprint density at radius 2 is 1.76 bits per heavy atom. The maximum atomic E-state index is 2.47. The highest BCUT2D eigenvalue weighted by molar-refractivity contribution is 4.73. The number of hydrogen-bond donors (Lipinski definition) is 0. The normalized spacial score (nSPS) is 26.3. The average Bonchev–Trinajstić information content (AvgIpc) is 2.72. The summed E-state index contributed by atoms with van der Waals surface area (Å²) < 4.78 is 0. The molecule has 1 saturated carbocycles. The average molecular weight is 238 g/mol. The maximum Gasteiger partial charge on any atom is -0.0412 e. The molecule has 0 spiro atoms. The standard InChI is InChI=1S/C17H34/c1-4-5-6-7-8-9-15(2)10-12-17-13-11-16(3)14-17/h15-17H,4-14H2,1-3H3. The monoisotopic (exact) mass is 238 g/mol. The van der Waals surface area contributed by atoms with Crippen molar-refractivity contribution in [3.63, 3.8) is 0 Å². The van der Waals surface area contributed by atoms with Crippen molar-refractivity contribution in [3.8, 4) is 0 Å². The summed E-state index contributed by atoms with van der Waals surface area (Å²) in [6.07, 6.45) is 16.2. The van der Waals surface area contributed by atoms with Gasteiger partial charge < -0.3 is 0 Å². The largest absolute Gasteiger partial charge is 0.0654 e. The maximum absolute atomic E-state index is 2.47. The Balaban J connectivity index is 1.92. The molecular formula is C17H34. The number of unbranched alkanes of at least 4 members (excludes halogenated alkanes) is 4. The summed E-state index contributed by atoms with van der Waals surface area (Å²) in [5, 5.41) is 0. The fraction of sp³-hybridized carbons (Fsp3) is 1.00. The molecular weight excluding hydrogens is 204 g/mol. The van der Waals surface area contributed by atoms with E-state index in [-0.39, 0.29) is 0 Å². The molecule has 0 aliphatic heterocycles. The van der Waals surface area contributed by atoms with Gasteiger partial charge in [-0.25, -0.2) is 0 Å². The molecule has 0 nitrogen and oxygen atoms in total. The Bertz CT molecular complexity index is 173. The van der Waals surface area contributed by atoms with Crippen LogP contribution in [0.3, 0.4) is 0 Å². The molecule has 1 aliphatic rings. The van der Waals surface area contributed by atoms with E-state index in [0.717, 1.165) is 17.8 Å². The van der Waals surface area contributed by atoms with E-state index in [0.29, 0.717) is 0 Å². The van der Waals surface area contributed by atoms with E-state index in [4.69, 9.17) is 0 Å². The van der Waals surface area contributed by atoms with E-state index in [1.807, 2.05) is 0 Å². The molecule has 102 valence electrons. The molecule has 0 radical (unpaired) electrons. The van der Waals surface area contributed by atoms with E-state index in [2.05, 4.69) is 20.8 Å². The van der Waals surface area contributed by atoms with Crippen LogP contribution in [0.15, 0.2) is 0 Å². The van der Waals surface area contributed by atoms with Crippen LogP contribution in [0, 0.1) is 17.8 Å². The van der Waals surface area contributed by atoms with Gasteiger partial charge in [-0.2, -0.15) is 0 Å². The van der Waals surface area contributed by atoms with Crippen LogP contribution in [0.2, 0.25) is 0 Å². The predicted molar refractivity (Wildman–Crippen MR) is 78.3 cm³/mol. The Kier molecular flexibility index (Phi) is 7.97. The molecule has 0 aromatic carbocycles. The van der Waals surface area contributed by atoms with Gasteiger partial charge in [-0.15, -0.1) is 0 Å². The van der Waals surface area contributed by atoms with Crippen LogP contribution in [0.5, 0.6) is 0 Å². The van der Waals surface area contributed by atoms with Gasteiger partial charge in [0, 0.05) is 0 Å². The highest BCUT2D eigenvalue weighted by Gasteiger charge is 2.21. The summed E-state index contributed by atoms with van der Waals surface area (Å²) >= 11 is 0. The third-order valence-electron chi connectivity index (χ3n) is 4.67. The van der Waals surface area contributed by atoms with Gasteiger partial charge in [0.15, 0.2) is 0 Å². The molecule has 0 aromatic heterocycles. The van der Waals surface area contributed by atoms with Crippen LogP contribution < -0.4 is 0 Å². The number of hydrogen-bond acceptors (Lipinski definition) is 0. The van der Waals surface area contributed by atoms with Gasteiger partial charge in [-0.05, 0) is 24.2 Å². The van der Waals surface area contributed by atoms with Crippen molar-refractivity contribution in [2.24, 2.45) is 17.8 Å². The van der Waals surface area contributed by atoms with Gasteiger partial charge in [-0.3, -0.25) is 0 Å². The minimum atomic E-state index is 0.979. The van der Waals surface area contributed by atoms with Gasteiger partial charge in [0.1, 0.15) is 0 Å². The lowest BCUT2D eigenvalue weighted by atomic mass is 9.92. The van der Waals surface area contributed by atoms with E-state index < -0.39 is 0 Å². The lowest BCUT2D eigenvalue weighted by Gasteiger charge is -2.14. The molecule has 0 aromatic rings. The first kappa shape index (κ1) is 15.1. The summed E-state index contributed by atoms with van der Waals surface area (Å²) in [5.41, 5.74) is 0. The summed E-state index contributed by atoms with van der Waals surface area (Å²) in [6.45, 7) is 7.20. The molecule has 0 saturated heterocycles. The van der Waals surface area contributed by atoms with Gasteiger partial charge in [-0.1, -0.05) is 85.0 Å². The highest BCUT2D eigenvalue weighted by atomic mass is 14.3. The molecule has 0 amide bonds. The Morgan fingerprint density at radius 1 is 1.00 bits per heavy atom. The fourth-order valence-electron chi connectivity index (χ4n) is 3.35. The van der Waals surface area contributed by atoms with E-state index in [9.17, 15) is 0 Å². The Morgan fingerprint density at radius 3 is 2.41 bits per heavy atom. The summed E-state index contributed by atoms with van der Waals surface area (Å²) in [6, 6.07) is 0. The van der Waals surface area contributed by atoms with Crippen molar-refractivity contribution in [2.45, 2.75) is 91.4 Å². The van der Waals surface area contributed by atoms with Crippen molar-refractivity contribution >= 4 is 0 Å². The smallest absolute Gasteiger partial charge is 0.0412 e. The molecule has 3 unspecified atom stereocenters. The van der Waals surface area contributed by atoms with Crippen LogP contribution in [-0.4, -0.2) is 0 Å². The molecule has 1 rings (SSSR count). The Hall–Kier alpha value is 0. The highest BCUT2D eigenvalue weighted by Crippen LogP contribution is 2.34. The molecule has 1 aliphatic carbocycles. The molecule has 0 bridgehead atoms. The predicted octanol–water partition coefficient (Wildman–Crippen LogP) is 6.20. The zero-order chi connectivity index (χ0) is 12.5. The lowest BCUT2D eigenvalue weighted by molar-refractivity contribution is 0.382. The topological polar surface area (TPSA) is 0 Å². The zero-order valence-corrected chi connectivity index (χ0v) is 12.5. The zero-order valence-electron chi connectivity index (χ0n) is 12.5. The van der Waals surface area contributed by atoms with Gasteiger partial charge in [0.2, 0.25) is 0 Å². The third kappa shape index (κ3) is 7.11. The van der Waals surface area contributed by atoms with Crippen molar-refractivity contribution in [1.82, 2.24) is 0 Å². The quantitative estimate of drug-likeness (QED) is 0.419. The lowest BCUT2D eigenvalue weighted by Crippen LogP contribution is -2.01. The molecule has 0 N–H and O–H groups in total. The van der Waals surface area contributed by atoms with Gasteiger partial charge in [0.05, 0.1) is 0 Å². The minimum absolute atomic E-state index is 0.979. The first-order valence-corrected chi connectivity index (χ1v) is 8.22. The first-order chi connectivity index (χ1) is 8.22. The SMILES string of the molecule is CCCCCCCC(C)CCC1CCC(C)C1. The van der Waals surface area contributed by atoms with Crippen molar-refractivity contribution in [1.29, 1.82) is 0 Å². The van der Waals surface area contributed by atoms with Crippen LogP contribution in [0.4, 0.5) is 0 Å². The summed E-state index contributed by atoms with van der Waals surface area (Å²) in [5.74, 6) is 3.07. The summed E-state index contributed by atoms with van der Waals surface area (Å²) in [4.78, 5) is 0. The van der Waals surface area contributed by atoms with Crippen LogP contribution in [0.1, 0.15) is 91.4 Å². The number of rotatable bonds is 9. The van der Waals surface area contributed by atoms with Crippen molar-refractivity contribution in [3.05, 3.63) is 0 Å². The second-order valence-corrected chi connectivity index (χ2v) is 6.67. The molecule has 3 atom stereocenters. The van der Waals surface area contributed by atoms with Crippen LogP contribution in [-0.2, 0) is 0 Å². The van der Waals surface area contributed by atoms with Crippen molar-refractivity contribution in [2.75, 3.05) is 0 Å². The van der Waals surface area contributed by atoms with Crippen LogP contribution in [0.25, 0.3) is 0 Å². The van der Waals surface area contributed by atoms with Crippen molar-refractivity contribution < 1.29 is 0 Å². The van der Waals surface area contributed by atoms with E-state index in [1.165, 1.54) is 70.6 Å².